The van der Waals surface area contributed by atoms with Crippen molar-refractivity contribution in [3.05, 3.63) is 101 Å². The number of aromatic nitrogens is 2. The molecule has 4 rings (SSSR count). The predicted octanol–water partition coefficient (Wildman–Crippen LogP) is 5.73. The van der Waals surface area contributed by atoms with Crippen LogP contribution in [0.25, 0.3) is 10.9 Å². The topological polar surface area (TPSA) is 21.1 Å². The number of fused-ring (bicyclic) bond motifs is 1. The highest BCUT2D eigenvalue weighted by Gasteiger charge is 2.18. The van der Waals surface area contributed by atoms with Crippen LogP contribution in [0.1, 0.15) is 22.4 Å². The standard InChI is InChI=1S/C24H23F2N3.ClH/c1-17-18(2)29(24-15-27-13-11-22(17)24)28(16-20-5-3-4-6-23(20)26)14-12-19-7-9-21(25)10-8-19;/h3-11,13,15H,12,14,16H2,1-2H3;1H. The van der Waals surface area contributed by atoms with Crippen LogP contribution in [0.2, 0.25) is 0 Å². The summed E-state index contributed by atoms with van der Waals surface area (Å²) >= 11 is 0. The third kappa shape index (κ3) is 4.31. The lowest BCUT2D eigenvalue weighted by molar-refractivity contribution is 0.551. The van der Waals surface area contributed by atoms with Crippen LogP contribution in [0.4, 0.5) is 8.78 Å². The lowest BCUT2D eigenvalue weighted by atomic mass is 10.1. The maximum absolute atomic E-state index is 14.4. The van der Waals surface area contributed by atoms with Crippen LogP contribution >= 0.6 is 12.4 Å². The fraction of sp³-hybridized carbons (Fsp3) is 0.208. The van der Waals surface area contributed by atoms with E-state index in [0.29, 0.717) is 25.1 Å². The first-order valence-electron chi connectivity index (χ1n) is 9.69. The number of hydrogen-bond acceptors (Lipinski definition) is 2. The van der Waals surface area contributed by atoms with Gasteiger partial charge >= 0.3 is 0 Å². The fourth-order valence-electron chi connectivity index (χ4n) is 3.75. The first kappa shape index (κ1) is 21.8. The molecule has 0 aliphatic heterocycles. The Balaban J connectivity index is 0.00000256. The smallest absolute Gasteiger partial charge is 0.128 e. The van der Waals surface area contributed by atoms with Crippen LogP contribution in [-0.2, 0) is 13.0 Å². The first-order valence-corrected chi connectivity index (χ1v) is 9.69. The van der Waals surface area contributed by atoms with E-state index in [4.69, 9.17) is 0 Å². The maximum Gasteiger partial charge on any atom is 0.128 e. The molecule has 0 spiro atoms. The molecule has 0 amide bonds. The molecular formula is C24H24ClF2N3. The lowest BCUT2D eigenvalue weighted by Gasteiger charge is -2.29. The summed E-state index contributed by atoms with van der Waals surface area (Å²) in [5.74, 6) is -0.464. The molecule has 0 bridgehead atoms. The average molecular weight is 428 g/mol. The highest BCUT2D eigenvalue weighted by molar-refractivity contribution is 5.85. The van der Waals surface area contributed by atoms with Gasteiger partial charge in [0, 0.05) is 29.4 Å². The number of nitrogens with zero attached hydrogens (tertiary/aromatic N) is 3. The van der Waals surface area contributed by atoms with E-state index in [-0.39, 0.29) is 24.0 Å². The van der Waals surface area contributed by atoms with Crippen molar-refractivity contribution >= 4 is 23.3 Å². The largest absolute Gasteiger partial charge is 0.308 e. The van der Waals surface area contributed by atoms with E-state index in [1.54, 1.807) is 24.4 Å². The Labute approximate surface area is 181 Å². The number of benzene rings is 2. The molecule has 0 radical (unpaired) electrons. The van der Waals surface area contributed by atoms with Gasteiger partial charge in [-0.15, -0.1) is 12.4 Å². The molecule has 3 nitrogen and oxygen atoms in total. The molecule has 0 atom stereocenters. The van der Waals surface area contributed by atoms with Crippen molar-refractivity contribution < 1.29 is 8.78 Å². The lowest BCUT2D eigenvalue weighted by Crippen LogP contribution is -2.37. The Morgan fingerprint density at radius 2 is 1.70 bits per heavy atom. The van der Waals surface area contributed by atoms with E-state index in [9.17, 15) is 8.78 Å². The van der Waals surface area contributed by atoms with E-state index in [1.165, 1.54) is 23.8 Å². The minimum absolute atomic E-state index is 0. The molecule has 156 valence electrons. The molecule has 0 aliphatic rings. The molecule has 0 saturated carbocycles. The monoisotopic (exact) mass is 427 g/mol. The van der Waals surface area contributed by atoms with Gasteiger partial charge in [-0.05, 0) is 55.7 Å². The van der Waals surface area contributed by atoms with Crippen LogP contribution in [0.3, 0.4) is 0 Å². The molecule has 2 heterocycles. The van der Waals surface area contributed by atoms with E-state index >= 15 is 0 Å². The molecule has 2 aromatic carbocycles. The minimum Gasteiger partial charge on any atom is -0.308 e. The van der Waals surface area contributed by atoms with Crippen molar-refractivity contribution in [1.82, 2.24) is 9.66 Å². The predicted molar refractivity (Wildman–Crippen MR) is 120 cm³/mol. The highest BCUT2D eigenvalue weighted by atomic mass is 35.5. The van der Waals surface area contributed by atoms with Crippen LogP contribution in [0, 0.1) is 25.5 Å². The van der Waals surface area contributed by atoms with Gasteiger partial charge in [-0.1, -0.05) is 30.3 Å². The van der Waals surface area contributed by atoms with Gasteiger partial charge in [0.25, 0.3) is 0 Å². The molecule has 0 fully saturated rings. The van der Waals surface area contributed by atoms with E-state index in [0.717, 1.165) is 22.2 Å². The van der Waals surface area contributed by atoms with Crippen molar-refractivity contribution in [3.8, 4) is 0 Å². The Morgan fingerprint density at radius 3 is 2.43 bits per heavy atom. The second-order valence-corrected chi connectivity index (χ2v) is 7.27. The van der Waals surface area contributed by atoms with E-state index < -0.39 is 0 Å². The second kappa shape index (κ2) is 9.26. The summed E-state index contributed by atoms with van der Waals surface area (Å²) in [5, 5.41) is 3.27. The third-order valence-corrected chi connectivity index (χ3v) is 5.46. The van der Waals surface area contributed by atoms with Crippen LogP contribution in [0.15, 0.2) is 67.0 Å². The molecule has 2 aromatic heterocycles. The zero-order valence-corrected chi connectivity index (χ0v) is 17.8. The van der Waals surface area contributed by atoms with E-state index in [2.05, 4.69) is 28.5 Å². The average Bonchev–Trinajstić information content (AvgIpc) is 2.99. The molecule has 0 aliphatic carbocycles. The summed E-state index contributed by atoms with van der Waals surface area (Å²) in [6, 6.07) is 15.4. The third-order valence-electron chi connectivity index (χ3n) is 5.46. The zero-order valence-electron chi connectivity index (χ0n) is 17.0. The number of rotatable bonds is 6. The van der Waals surface area contributed by atoms with Crippen molar-refractivity contribution in [3.63, 3.8) is 0 Å². The number of aryl methyl sites for hydroxylation is 1. The number of halogens is 3. The normalized spacial score (nSPS) is 10.8. The van der Waals surface area contributed by atoms with Gasteiger partial charge in [0.15, 0.2) is 0 Å². The molecule has 4 aromatic rings. The van der Waals surface area contributed by atoms with Gasteiger partial charge < -0.3 is 5.01 Å². The Morgan fingerprint density at radius 1 is 0.967 bits per heavy atom. The Hall–Kier alpha value is -2.92. The quantitative estimate of drug-likeness (QED) is 0.391. The number of hydrogen-bond donors (Lipinski definition) is 0. The second-order valence-electron chi connectivity index (χ2n) is 7.27. The summed E-state index contributed by atoms with van der Waals surface area (Å²) in [5.41, 5.74) is 4.95. The van der Waals surface area contributed by atoms with Crippen molar-refractivity contribution in [2.24, 2.45) is 0 Å². The van der Waals surface area contributed by atoms with Crippen molar-refractivity contribution in [2.45, 2.75) is 26.8 Å². The summed E-state index contributed by atoms with van der Waals surface area (Å²) < 4.78 is 29.8. The molecule has 6 heteroatoms. The van der Waals surface area contributed by atoms with Crippen molar-refractivity contribution in [2.75, 3.05) is 11.6 Å². The van der Waals surface area contributed by atoms with Gasteiger partial charge in [-0.2, -0.15) is 0 Å². The van der Waals surface area contributed by atoms with Gasteiger partial charge in [-0.25, -0.2) is 8.78 Å². The fourth-order valence-corrected chi connectivity index (χ4v) is 3.75. The summed E-state index contributed by atoms with van der Waals surface area (Å²) in [7, 11) is 0. The Kier molecular flexibility index (Phi) is 6.73. The molecular weight excluding hydrogens is 404 g/mol. The first-order chi connectivity index (χ1) is 14.0. The maximum atomic E-state index is 14.4. The van der Waals surface area contributed by atoms with Crippen molar-refractivity contribution in [1.29, 1.82) is 0 Å². The molecule has 0 N–H and O–H groups in total. The summed E-state index contributed by atoms with van der Waals surface area (Å²) in [6.07, 6.45) is 4.35. The zero-order chi connectivity index (χ0) is 20.4. The van der Waals surface area contributed by atoms with Gasteiger partial charge in [0.1, 0.15) is 11.6 Å². The summed E-state index contributed by atoms with van der Waals surface area (Å²) in [4.78, 5) is 4.30. The molecule has 30 heavy (non-hydrogen) atoms. The number of pyridine rings is 1. The molecule has 0 saturated heterocycles. The van der Waals surface area contributed by atoms with Crippen LogP contribution < -0.4 is 5.01 Å². The van der Waals surface area contributed by atoms with E-state index in [1.807, 2.05) is 24.4 Å². The SMILES string of the molecule is Cc1c(C)n(N(CCc2ccc(F)cc2)Cc2ccccc2F)c2cnccc12.Cl. The van der Waals surface area contributed by atoms with Crippen LogP contribution in [0.5, 0.6) is 0 Å². The highest BCUT2D eigenvalue weighted by Crippen LogP contribution is 2.25. The minimum atomic E-state index is -0.245. The van der Waals surface area contributed by atoms with Gasteiger partial charge in [0.05, 0.1) is 18.3 Å². The van der Waals surface area contributed by atoms with Crippen LogP contribution in [-0.4, -0.2) is 16.2 Å². The summed E-state index contributed by atoms with van der Waals surface area (Å²) in [6.45, 7) is 5.24. The van der Waals surface area contributed by atoms with Gasteiger partial charge in [0.2, 0.25) is 0 Å². The molecule has 0 unspecified atom stereocenters. The van der Waals surface area contributed by atoms with Gasteiger partial charge in [-0.3, -0.25) is 9.66 Å². The Bertz CT molecular complexity index is 1140.